The molecular weight excluding hydrogens is 184 g/mol. The van der Waals surface area contributed by atoms with Gasteiger partial charge in [0.2, 0.25) is 0 Å². The van der Waals surface area contributed by atoms with Crippen LogP contribution in [0.5, 0.6) is 0 Å². The predicted molar refractivity (Wildman–Crippen MR) is 62.0 cm³/mol. The molecule has 0 aromatic heterocycles. The summed E-state index contributed by atoms with van der Waals surface area (Å²) in [4.78, 5) is 0. The molecule has 0 heterocycles. The average Bonchev–Trinajstić information content (AvgIpc) is 2.15. The first-order valence-electron chi connectivity index (χ1n) is 3.84. The van der Waals surface area contributed by atoms with Gasteiger partial charge in [0.15, 0.2) is 0 Å². The highest BCUT2D eigenvalue weighted by Gasteiger charge is 1.89. The van der Waals surface area contributed by atoms with Gasteiger partial charge in [0.05, 0.1) is 0 Å². The van der Waals surface area contributed by atoms with Crippen molar-refractivity contribution in [3.05, 3.63) is 41.5 Å². The predicted octanol–water partition coefficient (Wildman–Crippen LogP) is 3.06. The molecule has 1 aromatic carbocycles. The van der Waals surface area contributed by atoms with Crippen molar-refractivity contribution >= 4 is 31.3 Å². The van der Waals surface area contributed by atoms with E-state index < -0.39 is 0 Å². The second-order valence-electron chi connectivity index (χ2n) is 2.49. The summed E-state index contributed by atoms with van der Waals surface area (Å²) in [6.07, 6.45) is 4.10. The Morgan fingerprint density at radius 3 is 2.75 bits per heavy atom. The van der Waals surface area contributed by atoms with Crippen LogP contribution in [0, 0.1) is 0 Å². The SMILES string of the molecule is SCC=Cc1cccc(CS)c1. The van der Waals surface area contributed by atoms with Crippen molar-refractivity contribution < 1.29 is 0 Å². The van der Waals surface area contributed by atoms with Gasteiger partial charge in [-0.15, -0.1) is 0 Å². The number of thiol groups is 2. The Bertz CT molecular complexity index is 266. The Labute approximate surface area is 84.5 Å². The molecule has 12 heavy (non-hydrogen) atoms. The Hall–Kier alpha value is -0.340. The Morgan fingerprint density at radius 1 is 1.25 bits per heavy atom. The van der Waals surface area contributed by atoms with E-state index in [0.717, 1.165) is 11.5 Å². The lowest BCUT2D eigenvalue weighted by atomic mass is 10.1. The molecule has 2 heteroatoms. The molecule has 0 aliphatic rings. The molecule has 0 saturated carbocycles. The maximum atomic E-state index is 4.21. The van der Waals surface area contributed by atoms with Crippen LogP contribution in [0.15, 0.2) is 30.3 Å². The molecule has 0 spiro atoms. The number of hydrogen-bond donors (Lipinski definition) is 2. The van der Waals surface area contributed by atoms with Gasteiger partial charge in [-0.3, -0.25) is 0 Å². The second-order valence-corrected chi connectivity index (χ2v) is 3.17. The van der Waals surface area contributed by atoms with Gasteiger partial charge in [0.1, 0.15) is 0 Å². The van der Waals surface area contributed by atoms with Crippen molar-refractivity contribution in [1.82, 2.24) is 0 Å². The van der Waals surface area contributed by atoms with E-state index in [-0.39, 0.29) is 0 Å². The first-order valence-corrected chi connectivity index (χ1v) is 5.10. The van der Waals surface area contributed by atoms with E-state index in [2.05, 4.69) is 49.5 Å². The van der Waals surface area contributed by atoms with Gasteiger partial charge in [0, 0.05) is 11.5 Å². The topological polar surface area (TPSA) is 0 Å². The Balaban J connectivity index is 2.79. The molecule has 0 N–H and O–H groups in total. The molecule has 0 fully saturated rings. The van der Waals surface area contributed by atoms with Crippen molar-refractivity contribution in [2.45, 2.75) is 5.75 Å². The lowest BCUT2D eigenvalue weighted by Gasteiger charge is -1.97. The molecule has 0 radical (unpaired) electrons. The molecule has 0 aliphatic heterocycles. The number of rotatable bonds is 3. The Kier molecular flexibility index (Phi) is 4.33. The highest BCUT2D eigenvalue weighted by molar-refractivity contribution is 7.80. The van der Waals surface area contributed by atoms with E-state index in [0.29, 0.717) is 0 Å². The quantitative estimate of drug-likeness (QED) is 0.682. The third-order valence-electron chi connectivity index (χ3n) is 1.55. The van der Waals surface area contributed by atoms with Gasteiger partial charge in [-0.2, -0.15) is 25.3 Å². The van der Waals surface area contributed by atoms with Crippen LogP contribution in [0.4, 0.5) is 0 Å². The third kappa shape index (κ3) is 2.95. The maximum Gasteiger partial charge on any atom is 0.0154 e. The van der Waals surface area contributed by atoms with Crippen LogP contribution in [-0.4, -0.2) is 5.75 Å². The van der Waals surface area contributed by atoms with E-state index in [1.165, 1.54) is 11.1 Å². The minimum atomic E-state index is 0.783. The third-order valence-corrected chi connectivity index (χ3v) is 2.13. The lowest BCUT2D eigenvalue weighted by molar-refractivity contribution is 1.42. The summed E-state index contributed by atoms with van der Waals surface area (Å²) >= 11 is 8.31. The van der Waals surface area contributed by atoms with Crippen molar-refractivity contribution in [1.29, 1.82) is 0 Å². The van der Waals surface area contributed by atoms with E-state index >= 15 is 0 Å². The fraction of sp³-hybridized carbons (Fsp3) is 0.200. The van der Waals surface area contributed by atoms with Crippen LogP contribution in [0.3, 0.4) is 0 Å². The van der Waals surface area contributed by atoms with E-state index in [9.17, 15) is 0 Å². The molecule has 1 rings (SSSR count). The zero-order chi connectivity index (χ0) is 8.81. The summed E-state index contributed by atoms with van der Waals surface area (Å²) in [6.45, 7) is 0. The molecule has 0 aliphatic carbocycles. The highest BCUT2D eigenvalue weighted by atomic mass is 32.1. The van der Waals surface area contributed by atoms with E-state index in [4.69, 9.17) is 0 Å². The van der Waals surface area contributed by atoms with Crippen molar-refractivity contribution in [3.63, 3.8) is 0 Å². The van der Waals surface area contributed by atoms with Gasteiger partial charge in [0.25, 0.3) is 0 Å². The fourth-order valence-corrected chi connectivity index (χ4v) is 1.29. The number of benzene rings is 1. The fourth-order valence-electron chi connectivity index (χ4n) is 0.984. The largest absolute Gasteiger partial charge is 0.175 e. The Morgan fingerprint density at radius 2 is 2.08 bits per heavy atom. The van der Waals surface area contributed by atoms with Crippen LogP contribution in [0.1, 0.15) is 11.1 Å². The van der Waals surface area contributed by atoms with E-state index in [1.807, 2.05) is 12.1 Å². The van der Waals surface area contributed by atoms with E-state index in [1.54, 1.807) is 0 Å². The molecule has 0 nitrogen and oxygen atoms in total. The summed E-state index contributed by atoms with van der Waals surface area (Å²) in [5.74, 6) is 1.58. The molecule has 64 valence electrons. The maximum absolute atomic E-state index is 4.21. The zero-order valence-corrected chi connectivity index (χ0v) is 8.56. The first kappa shape index (κ1) is 9.75. The van der Waals surface area contributed by atoms with Gasteiger partial charge in [-0.1, -0.05) is 36.4 Å². The minimum Gasteiger partial charge on any atom is -0.175 e. The lowest BCUT2D eigenvalue weighted by Crippen LogP contribution is -1.78. The monoisotopic (exact) mass is 196 g/mol. The van der Waals surface area contributed by atoms with Gasteiger partial charge in [-0.25, -0.2) is 0 Å². The van der Waals surface area contributed by atoms with Crippen molar-refractivity contribution in [3.8, 4) is 0 Å². The van der Waals surface area contributed by atoms with Gasteiger partial charge < -0.3 is 0 Å². The highest BCUT2D eigenvalue weighted by Crippen LogP contribution is 2.08. The summed E-state index contributed by atoms with van der Waals surface area (Å²) in [5, 5.41) is 0. The first-order chi connectivity index (χ1) is 5.86. The molecular formula is C10H12S2. The standard InChI is InChI=1S/C10H12S2/c11-6-2-5-9-3-1-4-10(7-9)8-12/h1-5,7,11-12H,6,8H2. The summed E-state index contributed by atoms with van der Waals surface area (Å²) in [5.41, 5.74) is 2.47. The minimum absolute atomic E-state index is 0.783. The number of hydrogen-bond acceptors (Lipinski definition) is 2. The van der Waals surface area contributed by atoms with Crippen molar-refractivity contribution in [2.24, 2.45) is 0 Å². The van der Waals surface area contributed by atoms with Crippen LogP contribution in [0.2, 0.25) is 0 Å². The molecule has 0 atom stereocenters. The molecule has 0 saturated heterocycles. The average molecular weight is 196 g/mol. The van der Waals surface area contributed by atoms with Crippen molar-refractivity contribution in [2.75, 3.05) is 5.75 Å². The van der Waals surface area contributed by atoms with Gasteiger partial charge >= 0.3 is 0 Å². The van der Waals surface area contributed by atoms with Crippen LogP contribution >= 0.6 is 25.3 Å². The molecule has 0 unspecified atom stereocenters. The second kappa shape index (κ2) is 5.33. The summed E-state index contributed by atoms with van der Waals surface area (Å²) < 4.78 is 0. The van der Waals surface area contributed by atoms with Crippen LogP contribution < -0.4 is 0 Å². The summed E-state index contributed by atoms with van der Waals surface area (Å²) in [6, 6.07) is 8.33. The molecule has 1 aromatic rings. The van der Waals surface area contributed by atoms with Gasteiger partial charge in [-0.05, 0) is 11.1 Å². The smallest absolute Gasteiger partial charge is 0.0154 e. The normalized spacial score (nSPS) is 10.8. The van der Waals surface area contributed by atoms with Crippen LogP contribution in [0.25, 0.3) is 6.08 Å². The molecule has 0 amide bonds. The van der Waals surface area contributed by atoms with Crippen LogP contribution in [-0.2, 0) is 5.75 Å². The zero-order valence-electron chi connectivity index (χ0n) is 6.77. The molecule has 0 bridgehead atoms. The summed E-state index contributed by atoms with van der Waals surface area (Å²) in [7, 11) is 0.